The summed E-state index contributed by atoms with van der Waals surface area (Å²) in [7, 11) is 1.81. The minimum absolute atomic E-state index is 0.145. The van der Waals surface area contributed by atoms with E-state index in [2.05, 4.69) is 11.4 Å². The fourth-order valence-corrected chi connectivity index (χ4v) is 3.50. The molecule has 0 spiro atoms. The zero-order chi connectivity index (χ0) is 19.8. The quantitative estimate of drug-likeness (QED) is 0.595. The van der Waals surface area contributed by atoms with Gasteiger partial charge in [0.1, 0.15) is 12.2 Å². The van der Waals surface area contributed by atoms with Gasteiger partial charge in [-0.25, -0.2) is 4.68 Å². The first kappa shape index (κ1) is 17.9. The Labute approximate surface area is 162 Å². The molecule has 4 rings (SSSR count). The lowest BCUT2D eigenvalue weighted by Gasteiger charge is -2.07. The van der Waals surface area contributed by atoms with Crippen molar-refractivity contribution in [1.82, 2.24) is 13.9 Å². The van der Waals surface area contributed by atoms with Gasteiger partial charge in [0, 0.05) is 18.8 Å². The summed E-state index contributed by atoms with van der Waals surface area (Å²) in [5, 5.41) is 3.90. The Balaban J connectivity index is 1.62. The highest BCUT2D eigenvalue weighted by Crippen LogP contribution is 2.18. The second-order valence-corrected chi connectivity index (χ2v) is 6.99. The molecule has 0 unspecified atom stereocenters. The number of hydrogen-bond donors (Lipinski definition) is 1. The maximum atomic E-state index is 12.9. The first-order chi connectivity index (χ1) is 13.5. The van der Waals surface area contributed by atoms with Gasteiger partial charge in [-0.15, -0.1) is 0 Å². The van der Waals surface area contributed by atoms with Crippen molar-refractivity contribution in [2.45, 2.75) is 20.4 Å². The van der Waals surface area contributed by atoms with Crippen LogP contribution in [-0.2, 0) is 18.4 Å². The molecule has 0 bridgehead atoms. The Morgan fingerprint density at radius 2 is 1.79 bits per heavy atom. The van der Waals surface area contributed by atoms with Crippen molar-refractivity contribution in [2.24, 2.45) is 7.05 Å². The molecule has 6 nitrogen and oxygen atoms in total. The molecule has 0 aliphatic rings. The third-order valence-corrected chi connectivity index (χ3v) is 5.06. The van der Waals surface area contributed by atoms with Gasteiger partial charge in [0.25, 0.3) is 5.56 Å². The van der Waals surface area contributed by atoms with Crippen LogP contribution in [0.4, 0.5) is 5.69 Å². The van der Waals surface area contributed by atoms with Crippen molar-refractivity contribution in [2.75, 3.05) is 5.32 Å². The largest absolute Gasteiger partial charge is 0.338 e. The monoisotopic (exact) mass is 374 g/mol. The summed E-state index contributed by atoms with van der Waals surface area (Å²) in [5.74, 6) is -0.232. The molecule has 0 fully saturated rings. The second-order valence-electron chi connectivity index (χ2n) is 6.99. The van der Waals surface area contributed by atoms with Crippen LogP contribution in [0.5, 0.6) is 0 Å². The lowest BCUT2D eigenvalue weighted by atomic mass is 10.2. The number of rotatable bonds is 4. The normalized spacial score (nSPS) is 11.1. The van der Waals surface area contributed by atoms with Crippen molar-refractivity contribution in [1.29, 1.82) is 0 Å². The van der Waals surface area contributed by atoms with Crippen LogP contribution < -0.4 is 10.9 Å². The van der Waals surface area contributed by atoms with E-state index in [-0.39, 0.29) is 18.0 Å². The average molecular weight is 374 g/mol. The van der Waals surface area contributed by atoms with E-state index in [4.69, 9.17) is 0 Å². The molecular weight excluding hydrogens is 352 g/mol. The molecule has 0 aliphatic carbocycles. The number of para-hydroxylation sites is 1. The Morgan fingerprint density at radius 3 is 2.54 bits per heavy atom. The number of nitrogens with zero attached hydrogens (tertiary/aromatic N) is 3. The van der Waals surface area contributed by atoms with Crippen LogP contribution in [0.1, 0.15) is 11.3 Å². The van der Waals surface area contributed by atoms with E-state index in [0.717, 1.165) is 16.6 Å². The van der Waals surface area contributed by atoms with E-state index in [1.165, 1.54) is 5.56 Å². The fourth-order valence-electron chi connectivity index (χ4n) is 3.50. The smallest absolute Gasteiger partial charge is 0.295 e. The molecule has 0 atom stereocenters. The molecule has 2 heterocycles. The number of aromatic nitrogens is 3. The summed E-state index contributed by atoms with van der Waals surface area (Å²) >= 11 is 0. The van der Waals surface area contributed by atoms with E-state index in [1.54, 1.807) is 16.4 Å². The minimum atomic E-state index is -0.243. The first-order valence-electron chi connectivity index (χ1n) is 9.15. The highest BCUT2D eigenvalue weighted by atomic mass is 16.2. The Kier molecular flexibility index (Phi) is 4.39. The van der Waals surface area contributed by atoms with Crippen LogP contribution in [-0.4, -0.2) is 19.8 Å². The second kappa shape index (κ2) is 6.88. The van der Waals surface area contributed by atoms with E-state index < -0.39 is 0 Å². The zero-order valence-electron chi connectivity index (χ0n) is 16.1. The molecule has 0 saturated heterocycles. The summed E-state index contributed by atoms with van der Waals surface area (Å²) in [6.45, 7) is 4.01. The van der Waals surface area contributed by atoms with Crippen LogP contribution >= 0.6 is 0 Å². The third kappa shape index (κ3) is 3.03. The number of benzene rings is 2. The number of anilines is 1. The molecular formula is C22H22N4O2. The predicted molar refractivity (Wildman–Crippen MR) is 111 cm³/mol. The lowest BCUT2D eigenvalue weighted by Crippen LogP contribution is -2.24. The first-order valence-corrected chi connectivity index (χ1v) is 9.15. The summed E-state index contributed by atoms with van der Waals surface area (Å²) in [4.78, 5) is 25.6. The number of aryl methyl sites for hydroxylation is 1. The van der Waals surface area contributed by atoms with Crippen LogP contribution in [0.25, 0.3) is 16.6 Å². The zero-order valence-corrected chi connectivity index (χ0v) is 16.1. The van der Waals surface area contributed by atoms with E-state index in [9.17, 15) is 9.59 Å². The van der Waals surface area contributed by atoms with E-state index in [1.807, 2.05) is 73.1 Å². The molecule has 6 heteroatoms. The van der Waals surface area contributed by atoms with Gasteiger partial charge in [0.2, 0.25) is 5.91 Å². The van der Waals surface area contributed by atoms with E-state index >= 15 is 0 Å². The summed E-state index contributed by atoms with van der Waals surface area (Å²) in [6.07, 6.45) is 1.89. The maximum absolute atomic E-state index is 12.9. The fraction of sp³-hybridized carbons (Fsp3) is 0.182. The predicted octanol–water partition coefficient (Wildman–Crippen LogP) is 3.39. The molecule has 142 valence electrons. The molecule has 2 aromatic heterocycles. The van der Waals surface area contributed by atoms with Gasteiger partial charge in [-0.2, -0.15) is 0 Å². The molecule has 0 aliphatic heterocycles. The lowest BCUT2D eigenvalue weighted by molar-refractivity contribution is -0.116. The number of hydrogen-bond acceptors (Lipinski definition) is 2. The van der Waals surface area contributed by atoms with Gasteiger partial charge in [0.05, 0.1) is 11.4 Å². The maximum Gasteiger partial charge on any atom is 0.295 e. The average Bonchev–Trinajstić information content (AvgIpc) is 3.16. The Morgan fingerprint density at radius 1 is 1.04 bits per heavy atom. The van der Waals surface area contributed by atoms with E-state index in [0.29, 0.717) is 11.4 Å². The summed E-state index contributed by atoms with van der Waals surface area (Å²) < 4.78 is 5.19. The molecule has 1 amide bonds. The van der Waals surface area contributed by atoms with Gasteiger partial charge in [-0.1, -0.05) is 29.8 Å². The highest BCUT2D eigenvalue weighted by molar-refractivity contribution is 5.92. The number of carbonyl (C=O) groups is 1. The van der Waals surface area contributed by atoms with Gasteiger partial charge >= 0.3 is 0 Å². The standard InChI is InChI=1S/C22H22N4O2/c1-15-9-10-19-17(13-15)11-12-25(19)14-20(27)23-21-16(2)24(3)26(22(21)28)18-7-5-4-6-8-18/h4-13H,14H2,1-3H3,(H,23,27). The van der Waals surface area contributed by atoms with Crippen molar-refractivity contribution < 1.29 is 4.79 Å². The number of nitrogens with one attached hydrogen (secondary N) is 1. The van der Waals surface area contributed by atoms with Crippen LogP contribution in [0.3, 0.4) is 0 Å². The molecule has 1 N–H and O–H groups in total. The number of amides is 1. The minimum Gasteiger partial charge on any atom is -0.338 e. The molecule has 4 aromatic rings. The SMILES string of the molecule is Cc1ccc2c(ccn2CC(=O)Nc2c(C)n(C)n(-c3ccccc3)c2=O)c1. The topological polar surface area (TPSA) is 61.0 Å². The van der Waals surface area contributed by atoms with Crippen molar-refractivity contribution in [3.05, 3.63) is 82.4 Å². The van der Waals surface area contributed by atoms with Crippen molar-refractivity contribution >= 4 is 22.5 Å². The van der Waals surface area contributed by atoms with Crippen molar-refractivity contribution in [3.8, 4) is 5.69 Å². The van der Waals surface area contributed by atoms with Gasteiger partial charge in [-0.3, -0.25) is 14.3 Å². The number of fused-ring (bicyclic) bond motifs is 1. The van der Waals surface area contributed by atoms with Crippen LogP contribution in [0, 0.1) is 13.8 Å². The highest BCUT2D eigenvalue weighted by Gasteiger charge is 2.18. The van der Waals surface area contributed by atoms with Gasteiger partial charge < -0.3 is 9.88 Å². The molecule has 2 aromatic carbocycles. The third-order valence-electron chi connectivity index (χ3n) is 5.06. The molecule has 28 heavy (non-hydrogen) atoms. The summed E-state index contributed by atoms with van der Waals surface area (Å²) in [6, 6.07) is 17.5. The van der Waals surface area contributed by atoms with Crippen LogP contribution in [0.15, 0.2) is 65.6 Å². The molecule has 0 radical (unpaired) electrons. The van der Waals surface area contributed by atoms with Crippen LogP contribution in [0.2, 0.25) is 0 Å². The Bertz CT molecular complexity index is 1230. The summed E-state index contributed by atoms with van der Waals surface area (Å²) in [5.41, 5.74) is 3.69. The van der Waals surface area contributed by atoms with Gasteiger partial charge in [0.15, 0.2) is 0 Å². The number of carbonyl (C=O) groups excluding carboxylic acids is 1. The Hall–Kier alpha value is -3.54. The molecule has 0 saturated carbocycles. The van der Waals surface area contributed by atoms with Crippen molar-refractivity contribution in [3.63, 3.8) is 0 Å². The van der Waals surface area contributed by atoms with Gasteiger partial charge in [-0.05, 0) is 49.6 Å².